The minimum atomic E-state index is -1.23. The highest BCUT2D eigenvalue weighted by atomic mass is 16.3. The fourth-order valence-corrected chi connectivity index (χ4v) is 3.54. The standard InChI is InChI=1S/C13H18O2/c1-5-13(15)8(2)6-9-11(10(13)7-14)12(9,3)4/h1,7-11,15H,6H2,2-4H3. The molecule has 5 atom stereocenters. The van der Waals surface area contributed by atoms with Crippen molar-refractivity contribution in [3.8, 4) is 12.3 Å². The summed E-state index contributed by atoms with van der Waals surface area (Å²) in [5.74, 6) is 2.90. The lowest BCUT2D eigenvalue weighted by atomic mass is 9.70. The minimum Gasteiger partial charge on any atom is -0.377 e. The molecular formula is C13H18O2. The molecule has 2 aliphatic carbocycles. The largest absolute Gasteiger partial charge is 0.377 e. The van der Waals surface area contributed by atoms with E-state index >= 15 is 0 Å². The van der Waals surface area contributed by atoms with Crippen LogP contribution in [0.5, 0.6) is 0 Å². The first kappa shape index (κ1) is 10.7. The third kappa shape index (κ3) is 1.13. The first-order chi connectivity index (χ1) is 6.89. The fourth-order valence-electron chi connectivity index (χ4n) is 3.54. The smallest absolute Gasteiger partial charge is 0.137 e. The molecule has 2 fully saturated rings. The van der Waals surface area contributed by atoms with Gasteiger partial charge in [0.2, 0.25) is 0 Å². The van der Waals surface area contributed by atoms with Crippen molar-refractivity contribution in [3.63, 3.8) is 0 Å². The molecule has 5 unspecified atom stereocenters. The van der Waals surface area contributed by atoms with Crippen LogP contribution in [0.3, 0.4) is 0 Å². The van der Waals surface area contributed by atoms with Crippen molar-refractivity contribution in [2.24, 2.45) is 29.1 Å². The van der Waals surface area contributed by atoms with Crippen LogP contribution in [0, 0.1) is 41.4 Å². The summed E-state index contributed by atoms with van der Waals surface area (Å²) in [7, 11) is 0. The van der Waals surface area contributed by atoms with Crippen molar-refractivity contribution in [3.05, 3.63) is 0 Å². The van der Waals surface area contributed by atoms with Crippen LogP contribution < -0.4 is 0 Å². The molecule has 2 aliphatic rings. The van der Waals surface area contributed by atoms with Crippen LogP contribution in [-0.4, -0.2) is 17.0 Å². The highest BCUT2D eigenvalue weighted by molar-refractivity contribution is 5.61. The van der Waals surface area contributed by atoms with Gasteiger partial charge in [-0.2, -0.15) is 0 Å². The maximum absolute atomic E-state index is 11.1. The Labute approximate surface area is 91.1 Å². The van der Waals surface area contributed by atoms with E-state index in [1.54, 1.807) is 0 Å². The van der Waals surface area contributed by atoms with E-state index in [4.69, 9.17) is 6.42 Å². The third-order valence-electron chi connectivity index (χ3n) is 4.77. The van der Waals surface area contributed by atoms with E-state index in [0.29, 0.717) is 5.92 Å². The SMILES string of the molecule is C#CC1(O)C(C)CC2C(C1C=O)C2(C)C. The number of hydrogen-bond donors (Lipinski definition) is 1. The molecule has 0 aromatic heterocycles. The summed E-state index contributed by atoms with van der Waals surface area (Å²) in [6.07, 6.45) is 7.20. The van der Waals surface area contributed by atoms with Gasteiger partial charge in [-0.15, -0.1) is 6.42 Å². The molecule has 0 aliphatic heterocycles. The number of aldehydes is 1. The maximum atomic E-state index is 11.1. The Bertz CT molecular complexity index is 339. The van der Waals surface area contributed by atoms with E-state index in [-0.39, 0.29) is 23.2 Å². The van der Waals surface area contributed by atoms with Crippen molar-refractivity contribution in [2.75, 3.05) is 0 Å². The number of hydrogen-bond acceptors (Lipinski definition) is 2. The number of carbonyl (C=O) groups is 1. The molecule has 1 N–H and O–H groups in total. The second-order valence-corrected chi connectivity index (χ2v) is 5.72. The summed E-state index contributed by atoms with van der Waals surface area (Å²) < 4.78 is 0. The molecule has 0 radical (unpaired) electrons. The van der Waals surface area contributed by atoms with Gasteiger partial charge in [0, 0.05) is 0 Å². The second kappa shape index (κ2) is 2.86. The molecule has 0 spiro atoms. The monoisotopic (exact) mass is 206 g/mol. The average Bonchev–Trinajstić information content (AvgIpc) is 2.70. The zero-order valence-corrected chi connectivity index (χ0v) is 9.53. The van der Waals surface area contributed by atoms with Gasteiger partial charge >= 0.3 is 0 Å². The summed E-state index contributed by atoms with van der Waals surface area (Å²) in [5, 5.41) is 10.4. The first-order valence-electron chi connectivity index (χ1n) is 5.55. The average molecular weight is 206 g/mol. The Hall–Kier alpha value is -0.810. The van der Waals surface area contributed by atoms with E-state index < -0.39 is 5.60 Å². The van der Waals surface area contributed by atoms with Crippen LogP contribution in [0.25, 0.3) is 0 Å². The Morgan fingerprint density at radius 2 is 2.13 bits per heavy atom. The molecule has 2 rings (SSSR count). The molecule has 0 heterocycles. The fraction of sp³-hybridized carbons (Fsp3) is 0.769. The van der Waals surface area contributed by atoms with Crippen molar-refractivity contribution in [1.29, 1.82) is 0 Å². The summed E-state index contributed by atoms with van der Waals surface area (Å²) in [6.45, 7) is 6.27. The van der Waals surface area contributed by atoms with E-state index in [0.717, 1.165) is 12.7 Å². The van der Waals surface area contributed by atoms with E-state index in [1.807, 2.05) is 6.92 Å². The molecule has 82 valence electrons. The molecule has 2 heteroatoms. The Balaban J connectivity index is 2.37. The van der Waals surface area contributed by atoms with Gasteiger partial charge in [-0.1, -0.05) is 26.7 Å². The second-order valence-electron chi connectivity index (χ2n) is 5.72. The molecule has 0 bridgehead atoms. The van der Waals surface area contributed by atoms with Crippen LogP contribution >= 0.6 is 0 Å². The Kier molecular flexibility index (Phi) is 2.04. The van der Waals surface area contributed by atoms with Crippen LogP contribution in [0.4, 0.5) is 0 Å². The lowest BCUT2D eigenvalue weighted by Gasteiger charge is -2.37. The Morgan fingerprint density at radius 3 is 2.60 bits per heavy atom. The molecular weight excluding hydrogens is 188 g/mol. The quantitative estimate of drug-likeness (QED) is 0.521. The zero-order valence-electron chi connectivity index (χ0n) is 9.53. The first-order valence-corrected chi connectivity index (χ1v) is 5.55. The van der Waals surface area contributed by atoms with Gasteiger partial charge in [0.15, 0.2) is 0 Å². The van der Waals surface area contributed by atoms with Gasteiger partial charge in [0.1, 0.15) is 11.9 Å². The van der Waals surface area contributed by atoms with Crippen LogP contribution in [0.1, 0.15) is 27.2 Å². The van der Waals surface area contributed by atoms with Gasteiger partial charge in [-0.3, -0.25) is 0 Å². The van der Waals surface area contributed by atoms with Gasteiger partial charge in [-0.05, 0) is 29.6 Å². The van der Waals surface area contributed by atoms with E-state index in [9.17, 15) is 9.90 Å². The van der Waals surface area contributed by atoms with Gasteiger partial charge in [0.05, 0.1) is 5.92 Å². The van der Waals surface area contributed by atoms with Gasteiger partial charge < -0.3 is 9.90 Å². The van der Waals surface area contributed by atoms with Crippen LogP contribution in [0.2, 0.25) is 0 Å². The van der Waals surface area contributed by atoms with Crippen LogP contribution in [0.15, 0.2) is 0 Å². The normalized spacial score (nSPS) is 51.4. The highest BCUT2D eigenvalue weighted by Crippen LogP contribution is 2.69. The number of aliphatic hydroxyl groups is 1. The minimum absolute atomic E-state index is 0.0146. The van der Waals surface area contributed by atoms with E-state index in [2.05, 4.69) is 19.8 Å². The third-order valence-corrected chi connectivity index (χ3v) is 4.77. The Morgan fingerprint density at radius 1 is 1.53 bits per heavy atom. The van der Waals surface area contributed by atoms with Crippen molar-refractivity contribution in [1.82, 2.24) is 0 Å². The number of rotatable bonds is 1. The van der Waals surface area contributed by atoms with Crippen molar-refractivity contribution in [2.45, 2.75) is 32.8 Å². The van der Waals surface area contributed by atoms with Crippen LogP contribution in [-0.2, 0) is 4.79 Å². The molecule has 0 aromatic carbocycles. The van der Waals surface area contributed by atoms with Crippen molar-refractivity contribution < 1.29 is 9.90 Å². The highest BCUT2D eigenvalue weighted by Gasteiger charge is 2.68. The van der Waals surface area contributed by atoms with Crippen molar-refractivity contribution >= 4 is 6.29 Å². The summed E-state index contributed by atoms with van der Waals surface area (Å²) in [6, 6.07) is 0. The predicted molar refractivity (Wildman–Crippen MR) is 57.9 cm³/mol. The predicted octanol–water partition coefficient (Wildman–Crippen LogP) is 1.48. The van der Waals surface area contributed by atoms with Gasteiger partial charge in [0.25, 0.3) is 0 Å². The summed E-state index contributed by atoms with van der Waals surface area (Å²) in [5.41, 5.74) is -1.06. The molecule has 2 nitrogen and oxygen atoms in total. The zero-order chi connectivity index (χ0) is 11.4. The van der Waals surface area contributed by atoms with E-state index in [1.165, 1.54) is 0 Å². The molecule has 0 aromatic rings. The maximum Gasteiger partial charge on any atom is 0.137 e. The number of terminal acetylenes is 1. The van der Waals surface area contributed by atoms with Gasteiger partial charge in [-0.25, -0.2) is 0 Å². The number of carbonyl (C=O) groups excluding carboxylic acids is 1. The lowest BCUT2D eigenvalue weighted by Crippen LogP contribution is -2.47. The molecule has 0 saturated heterocycles. The molecule has 0 amide bonds. The number of fused-ring (bicyclic) bond motifs is 1. The molecule has 15 heavy (non-hydrogen) atoms. The molecule has 2 saturated carbocycles. The lowest BCUT2D eigenvalue weighted by molar-refractivity contribution is -0.124. The topological polar surface area (TPSA) is 37.3 Å². The summed E-state index contributed by atoms with van der Waals surface area (Å²) in [4.78, 5) is 11.1. The summed E-state index contributed by atoms with van der Waals surface area (Å²) >= 11 is 0.